The molecule has 30 heavy (non-hydrogen) atoms. The molecule has 2 heterocycles. The Labute approximate surface area is 186 Å². The van der Waals surface area contributed by atoms with Crippen LogP contribution < -0.4 is 10.1 Å². The zero-order valence-corrected chi connectivity index (χ0v) is 19.3. The molecule has 0 bridgehead atoms. The molecular formula is C22H27BrN2O4S. The average Bonchev–Trinajstić information content (AvgIpc) is 3.55. The minimum Gasteiger partial charge on any atom is -0.496 e. The van der Waals surface area contributed by atoms with E-state index in [0.29, 0.717) is 18.9 Å². The van der Waals surface area contributed by atoms with E-state index in [9.17, 15) is 13.5 Å². The van der Waals surface area contributed by atoms with Gasteiger partial charge in [0.05, 0.1) is 34.9 Å². The van der Waals surface area contributed by atoms with Crippen molar-refractivity contribution in [2.75, 3.05) is 18.6 Å². The lowest BCUT2D eigenvalue weighted by molar-refractivity contribution is 0.0779. The van der Waals surface area contributed by atoms with Crippen LogP contribution in [0.25, 0.3) is 0 Å². The van der Waals surface area contributed by atoms with E-state index in [1.165, 1.54) is 18.4 Å². The van der Waals surface area contributed by atoms with Gasteiger partial charge in [0.25, 0.3) is 0 Å². The maximum absolute atomic E-state index is 12.5. The third kappa shape index (κ3) is 5.22. The van der Waals surface area contributed by atoms with Crippen molar-refractivity contribution in [3.8, 4) is 5.75 Å². The summed E-state index contributed by atoms with van der Waals surface area (Å²) in [5.74, 6) is 0.925. The number of methoxy groups -OCH3 is 1. The second-order valence-electron chi connectivity index (χ2n) is 8.34. The molecule has 2 aliphatic rings. The van der Waals surface area contributed by atoms with Gasteiger partial charge in [-0.25, -0.2) is 8.42 Å². The van der Waals surface area contributed by atoms with Crippen LogP contribution in [0.2, 0.25) is 0 Å². The number of rotatable bonds is 7. The molecule has 2 fully saturated rings. The highest BCUT2D eigenvalue weighted by molar-refractivity contribution is 9.10. The van der Waals surface area contributed by atoms with Gasteiger partial charge in [0.2, 0.25) is 0 Å². The molecule has 4 rings (SSSR count). The summed E-state index contributed by atoms with van der Waals surface area (Å²) >= 11 is 3.47. The third-order valence-corrected chi connectivity index (χ3v) is 8.37. The molecule has 8 heteroatoms. The Morgan fingerprint density at radius 1 is 1.23 bits per heavy atom. The fourth-order valence-electron chi connectivity index (χ4n) is 4.19. The van der Waals surface area contributed by atoms with Crippen LogP contribution in [0.4, 0.5) is 0 Å². The molecule has 0 amide bonds. The SMILES string of the molecule is COc1ccc(C[C@@H]2CS(=O)(=O)C[C@H](NCc3cc(C4CC4)ccn3)[C@H]2O)cc1Br. The van der Waals surface area contributed by atoms with Crippen LogP contribution in [0.5, 0.6) is 5.75 Å². The van der Waals surface area contributed by atoms with Crippen LogP contribution in [0, 0.1) is 5.92 Å². The molecule has 1 aromatic heterocycles. The molecule has 3 atom stereocenters. The minimum atomic E-state index is -3.25. The quantitative estimate of drug-likeness (QED) is 0.615. The lowest BCUT2D eigenvalue weighted by Gasteiger charge is -2.35. The minimum absolute atomic E-state index is 0.00852. The van der Waals surface area contributed by atoms with Gasteiger partial charge < -0.3 is 15.2 Å². The molecule has 1 aliphatic carbocycles. The first-order chi connectivity index (χ1) is 14.3. The summed E-state index contributed by atoms with van der Waals surface area (Å²) < 4.78 is 31.1. The van der Waals surface area contributed by atoms with Crippen LogP contribution in [0.1, 0.15) is 35.6 Å². The maximum atomic E-state index is 12.5. The number of nitrogens with zero attached hydrogens (tertiary/aromatic N) is 1. The Bertz CT molecular complexity index is 1010. The number of halogens is 1. The van der Waals surface area contributed by atoms with Crippen molar-refractivity contribution >= 4 is 25.8 Å². The molecule has 1 saturated carbocycles. The highest BCUT2D eigenvalue weighted by Crippen LogP contribution is 2.39. The van der Waals surface area contributed by atoms with Gasteiger partial charge in [-0.1, -0.05) is 6.07 Å². The van der Waals surface area contributed by atoms with Crippen molar-refractivity contribution in [2.24, 2.45) is 5.92 Å². The second-order valence-corrected chi connectivity index (χ2v) is 11.4. The number of sulfone groups is 1. The number of pyridine rings is 1. The average molecular weight is 495 g/mol. The molecule has 2 N–H and O–H groups in total. The van der Waals surface area contributed by atoms with E-state index >= 15 is 0 Å². The molecule has 2 aromatic rings. The normalized spacial score (nSPS) is 25.8. The van der Waals surface area contributed by atoms with E-state index in [2.05, 4.69) is 32.3 Å². The zero-order valence-electron chi connectivity index (χ0n) is 16.9. The Morgan fingerprint density at radius 3 is 2.73 bits per heavy atom. The van der Waals surface area contributed by atoms with Crippen molar-refractivity contribution in [2.45, 2.75) is 43.9 Å². The van der Waals surface area contributed by atoms with Gasteiger partial charge in [0.15, 0.2) is 9.84 Å². The van der Waals surface area contributed by atoms with E-state index in [0.717, 1.165) is 21.5 Å². The van der Waals surface area contributed by atoms with Crippen LogP contribution in [0.15, 0.2) is 41.0 Å². The van der Waals surface area contributed by atoms with Crippen LogP contribution >= 0.6 is 15.9 Å². The summed E-state index contributed by atoms with van der Waals surface area (Å²) in [5, 5.41) is 14.2. The first-order valence-electron chi connectivity index (χ1n) is 10.2. The van der Waals surface area contributed by atoms with Crippen LogP contribution in [-0.2, 0) is 22.8 Å². The molecular weight excluding hydrogens is 468 g/mol. The molecule has 0 unspecified atom stereocenters. The molecule has 6 nitrogen and oxygen atoms in total. The van der Waals surface area contributed by atoms with E-state index in [-0.39, 0.29) is 17.4 Å². The lowest BCUT2D eigenvalue weighted by Crippen LogP contribution is -2.54. The molecule has 0 radical (unpaired) electrons. The summed E-state index contributed by atoms with van der Waals surface area (Å²) in [6.45, 7) is 0.443. The largest absolute Gasteiger partial charge is 0.496 e. The van der Waals surface area contributed by atoms with E-state index in [1.807, 2.05) is 30.5 Å². The Balaban J connectivity index is 1.44. The summed E-state index contributed by atoms with van der Waals surface area (Å²) in [4.78, 5) is 4.40. The number of aromatic nitrogens is 1. The summed E-state index contributed by atoms with van der Waals surface area (Å²) in [6, 6.07) is 9.29. The van der Waals surface area contributed by atoms with Crippen molar-refractivity contribution in [1.82, 2.24) is 10.3 Å². The zero-order chi connectivity index (χ0) is 21.3. The molecule has 1 saturated heterocycles. The van der Waals surface area contributed by atoms with Gasteiger partial charge in [-0.05, 0) is 76.5 Å². The first-order valence-corrected chi connectivity index (χ1v) is 12.8. The molecule has 1 aromatic carbocycles. The third-order valence-electron chi connectivity index (χ3n) is 5.95. The van der Waals surface area contributed by atoms with Gasteiger partial charge in [-0.3, -0.25) is 4.98 Å². The van der Waals surface area contributed by atoms with Gasteiger partial charge >= 0.3 is 0 Å². The number of aliphatic hydroxyl groups is 1. The number of hydrogen-bond donors (Lipinski definition) is 2. The lowest BCUT2D eigenvalue weighted by atomic mass is 9.91. The fraction of sp³-hybridized carbons (Fsp3) is 0.500. The fourth-order valence-corrected chi connectivity index (χ4v) is 6.75. The number of benzene rings is 1. The number of nitrogens with one attached hydrogen (secondary N) is 1. The first kappa shape index (κ1) is 21.7. The monoisotopic (exact) mass is 494 g/mol. The van der Waals surface area contributed by atoms with Crippen molar-refractivity contribution in [3.05, 3.63) is 57.8 Å². The summed E-state index contributed by atoms with van der Waals surface area (Å²) in [5.41, 5.74) is 3.13. The summed E-state index contributed by atoms with van der Waals surface area (Å²) in [7, 11) is -1.65. The Kier molecular flexibility index (Phi) is 6.48. The van der Waals surface area contributed by atoms with Crippen LogP contribution in [0.3, 0.4) is 0 Å². The topological polar surface area (TPSA) is 88.5 Å². The maximum Gasteiger partial charge on any atom is 0.152 e. The smallest absolute Gasteiger partial charge is 0.152 e. The highest BCUT2D eigenvalue weighted by atomic mass is 79.9. The molecule has 0 spiro atoms. The standard InChI is InChI=1S/C22H27BrN2O4S/c1-29-21-5-2-14(9-19(21)23)8-17-12-30(27,28)13-20(22(17)26)25-11-18-10-16(6-7-24-18)15-3-4-15/h2,5-7,9-10,15,17,20,22,25-26H,3-4,8,11-13H2,1H3/t17-,20+,22+/m1/s1. The highest BCUT2D eigenvalue weighted by Gasteiger charge is 2.39. The number of ether oxygens (including phenoxy) is 1. The van der Waals surface area contributed by atoms with Gasteiger partial charge in [-0.2, -0.15) is 0 Å². The van der Waals surface area contributed by atoms with E-state index in [4.69, 9.17) is 4.74 Å². The Hall–Kier alpha value is -1.48. The van der Waals surface area contributed by atoms with E-state index < -0.39 is 22.0 Å². The van der Waals surface area contributed by atoms with E-state index in [1.54, 1.807) is 7.11 Å². The van der Waals surface area contributed by atoms with Crippen LogP contribution in [-0.4, -0.2) is 49.3 Å². The van der Waals surface area contributed by atoms with Gasteiger partial charge in [0, 0.05) is 24.7 Å². The van der Waals surface area contributed by atoms with Crippen molar-refractivity contribution < 1.29 is 18.3 Å². The predicted molar refractivity (Wildman–Crippen MR) is 119 cm³/mol. The van der Waals surface area contributed by atoms with Gasteiger partial charge in [-0.15, -0.1) is 0 Å². The number of hydrogen-bond acceptors (Lipinski definition) is 6. The molecule has 1 aliphatic heterocycles. The second kappa shape index (κ2) is 8.94. The van der Waals surface area contributed by atoms with Crippen molar-refractivity contribution in [1.29, 1.82) is 0 Å². The van der Waals surface area contributed by atoms with Gasteiger partial charge in [0.1, 0.15) is 5.75 Å². The van der Waals surface area contributed by atoms with Crippen molar-refractivity contribution in [3.63, 3.8) is 0 Å². The summed E-state index contributed by atoms with van der Waals surface area (Å²) in [6.07, 6.45) is 3.99. The predicted octanol–water partition coefficient (Wildman–Crippen LogP) is 2.84. The Morgan fingerprint density at radius 2 is 2.03 bits per heavy atom. The number of aliphatic hydroxyl groups excluding tert-OH is 1. The molecule has 162 valence electrons.